The molecule has 0 aliphatic carbocycles. The van der Waals surface area contributed by atoms with Crippen LogP contribution in [0.2, 0.25) is 0 Å². The molecular formula is C29H28FN5O6S2. The fourth-order valence-corrected chi connectivity index (χ4v) is 6.97. The molecule has 1 aromatic heterocycles. The number of ether oxygens (including phenoxy) is 3. The first-order chi connectivity index (χ1) is 20.8. The lowest BCUT2D eigenvalue weighted by Gasteiger charge is -2.26. The van der Waals surface area contributed by atoms with E-state index in [2.05, 4.69) is 15.5 Å². The zero-order valence-corrected chi connectivity index (χ0v) is 24.7. The van der Waals surface area contributed by atoms with Gasteiger partial charge in [-0.2, -0.15) is 4.31 Å². The van der Waals surface area contributed by atoms with Crippen LogP contribution in [0, 0.1) is 5.82 Å². The second-order valence-corrected chi connectivity index (χ2v) is 13.1. The largest absolute Gasteiger partial charge is 0.454 e. The average molecular weight is 626 g/mol. The second kappa shape index (κ2) is 12.3. The number of thioether (sulfide) groups is 1. The van der Waals surface area contributed by atoms with Gasteiger partial charge in [-0.15, -0.1) is 10.2 Å². The Labute approximate surface area is 252 Å². The van der Waals surface area contributed by atoms with E-state index >= 15 is 0 Å². The van der Waals surface area contributed by atoms with Crippen molar-refractivity contribution in [1.29, 1.82) is 0 Å². The third kappa shape index (κ3) is 6.37. The van der Waals surface area contributed by atoms with Gasteiger partial charge in [-0.1, -0.05) is 36.0 Å². The molecule has 3 aromatic carbocycles. The number of nitrogens with one attached hydrogen (secondary N) is 1. The van der Waals surface area contributed by atoms with Gasteiger partial charge in [-0.05, 0) is 48.9 Å². The first-order valence-corrected chi connectivity index (χ1v) is 15.8. The van der Waals surface area contributed by atoms with Crippen molar-refractivity contribution < 1.29 is 31.8 Å². The lowest BCUT2D eigenvalue weighted by molar-refractivity contribution is -0.115. The van der Waals surface area contributed by atoms with E-state index in [0.717, 1.165) is 5.56 Å². The Hall–Kier alpha value is -3.98. The fraction of sp³-hybridized carbons (Fsp3) is 0.276. The van der Waals surface area contributed by atoms with Crippen molar-refractivity contribution in [2.24, 2.45) is 0 Å². The van der Waals surface area contributed by atoms with E-state index in [4.69, 9.17) is 14.2 Å². The highest BCUT2D eigenvalue weighted by Gasteiger charge is 2.28. The molecule has 1 N–H and O–H groups in total. The topological polar surface area (TPSA) is 125 Å². The Morgan fingerprint density at radius 2 is 1.79 bits per heavy atom. The van der Waals surface area contributed by atoms with Crippen LogP contribution in [0.25, 0.3) is 11.4 Å². The van der Waals surface area contributed by atoms with Gasteiger partial charge >= 0.3 is 0 Å². The SMILES string of the molecule is CC(Sc1nnc(-c2cccc(S(=O)(=O)N3CCOCC3)c2)n1Cc1ccc(F)cc1)C(=O)Nc1ccc2c(c1)OCO2. The summed E-state index contributed by atoms with van der Waals surface area (Å²) < 4.78 is 59.6. The number of benzene rings is 3. The molecule has 0 spiro atoms. The molecule has 1 saturated heterocycles. The summed E-state index contributed by atoms with van der Waals surface area (Å²) in [5.41, 5.74) is 1.88. The number of morpholine rings is 1. The molecule has 3 heterocycles. The summed E-state index contributed by atoms with van der Waals surface area (Å²) in [4.78, 5) is 13.3. The van der Waals surface area contributed by atoms with Crippen LogP contribution >= 0.6 is 11.8 Å². The van der Waals surface area contributed by atoms with Crippen molar-refractivity contribution in [3.63, 3.8) is 0 Å². The summed E-state index contributed by atoms with van der Waals surface area (Å²) in [6, 6.07) is 17.7. The number of hydrogen-bond donors (Lipinski definition) is 1. The van der Waals surface area contributed by atoms with Crippen molar-refractivity contribution in [2.75, 3.05) is 38.4 Å². The van der Waals surface area contributed by atoms with Crippen molar-refractivity contribution in [3.8, 4) is 22.9 Å². The number of hydrogen-bond acceptors (Lipinski definition) is 9. The molecule has 0 bridgehead atoms. The van der Waals surface area contributed by atoms with Crippen LogP contribution < -0.4 is 14.8 Å². The summed E-state index contributed by atoms with van der Waals surface area (Å²) in [5.74, 6) is 0.954. The van der Waals surface area contributed by atoms with Crippen molar-refractivity contribution in [3.05, 3.63) is 78.1 Å². The zero-order chi connectivity index (χ0) is 30.0. The molecule has 14 heteroatoms. The van der Waals surface area contributed by atoms with E-state index in [0.29, 0.717) is 46.9 Å². The maximum Gasteiger partial charge on any atom is 0.243 e. The maximum atomic E-state index is 13.6. The number of amides is 1. The van der Waals surface area contributed by atoms with Gasteiger partial charge in [0, 0.05) is 30.4 Å². The second-order valence-electron chi connectivity index (χ2n) is 9.88. The quantitative estimate of drug-likeness (QED) is 0.275. The molecule has 43 heavy (non-hydrogen) atoms. The van der Waals surface area contributed by atoms with E-state index in [1.807, 2.05) is 0 Å². The van der Waals surface area contributed by atoms with Crippen LogP contribution in [0.4, 0.5) is 10.1 Å². The van der Waals surface area contributed by atoms with E-state index in [1.54, 1.807) is 66.1 Å². The van der Waals surface area contributed by atoms with Crippen LogP contribution in [-0.2, 0) is 26.1 Å². The number of carbonyl (C=O) groups is 1. The molecule has 2 aliphatic heterocycles. The Bertz CT molecular complexity index is 1740. The summed E-state index contributed by atoms with van der Waals surface area (Å²) >= 11 is 1.20. The van der Waals surface area contributed by atoms with Gasteiger partial charge in [0.05, 0.1) is 29.9 Å². The summed E-state index contributed by atoms with van der Waals surface area (Å²) in [5, 5.41) is 11.5. The molecule has 0 radical (unpaired) electrons. The minimum absolute atomic E-state index is 0.132. The molecule has 1 unspecified atom stereocenters. The van der Waals surface area contributed by atoms with E-state index in [9.17, 15) is 17.6 Å². The minimum Gasteiger partial charge on any atom is -0.454 e. The van der Waals surface area contributed by atoms with Crippen molar-refractivity contribution >= 4 is 33.4 Å². The molecule has 1 fully saturated rings. The van der Waals surface area contributed by atoms with Crippen LogP contribution in [0.3, 0.4) is 0 Å². The molecule has 2 aliphatic rings. The summed E-state index contributed by atoms with van der Waals surface area (Å²) in [7, 11) is -3.75. The van der Waals surface area contributed by atoms with Crippen molar-refractivity contribution in [2.45, 2.75) is 28.8 Å². The average Bonchev–Trinajstić information content (AvgIpc) is 3.65. The summed E-state index contributed by atoms with van der Waals surface area (Å²) in [6.45, 7) is 3.38. The Balaban J connectivity index is 1.28. The third-order valence-corrected chi connectivity index (χ3v) is 9.94. The molecule has 1 atom stereocenters. The highest BCUT2D eigenvalue weighted by Crippen LogP contribution is 2.35. The first kappa shape index (κ1) is 29.1. The zero-order valence-electron chi connectivity index (χ0n) is 23.1. The molecule has 11 nitrogen and oxygen atoms in total. The van der Waals surface area contributed by atoms with Crippen molar-refractivity contribution in [1.82, 2.24) is 19.1 Å². The number of aromatic nitrogens is 3. The smallest absolute Gasteiger partial charge is 0.243 e. The van der Waals surface area contributed by atoms with Gasteiger partial charge in [-0.25, -0.2) is 12.8 Å². The Morgan fingerprint density at radius 1 is 1.02 bits per heavy atom. The van der Waals surface area contributed by atoms with Gasteiger partial charge in [0.15, 0.2) is 22.5 Å². The summed E-state index contributed by atoms with van der Waals surface area (Å²) in [6.07, 6.45) is 0. The number of halogens is 1. The normalized spacial score (nSPS) is 15.8. The predicted molar refractivity (Wildman–Crippen MR) is 157 cm³/mol. The molecular weight excluding hydrogens is 597 g/mol. The van der Waals surface area contributed by atoms with Gasteiger partial charge in [0.1, 0.15) is 5.82 Å². The number of carbonyl (C=O) groups excluding carboxylic acids is 1. The number of nitrogens with zero attached hydrogens (tertiary/aromatic N) is 4. The first-order valence-electron chi connectivity index (χ1n) is 13.5. The monoisotopic (exact) mass is 625 g/mol. The van der Waals surface area contributed by atoms with Crippen LogP contribution in [0.5, 0.6) is 11.5 Å². The van der Waals surface area contributed by atoms with E-state index < -0.39 is 15.3 Å². The fourth-order valence-electron chi connectivity index (χ4n) is 4.67. The molecule has 4 aromatic rings. The highest BCUT2D eigenvalue weighted by atomic mass is 32.2. The van der Waals surface area contributed by atoms with Crippen LogP contribution in [0.15, 0.2) is 76.8 Å². The van der Waals surface area contributed by atoms with Gasteiger partial charge in [0.2, 0.25) is 22.7 Å². The minimum atomic E-state index is -3.75. The van der Waals surface area contributed by atoms with E-state index in [-0.39, 0.29) is 43.0 Å². The van der Waals surface area contributed by atoms with Crippen LogP contribution in [0.1, 0.15) is 12.5 Å². The molecule has 0 saturated carbocycles. The number of fused-ring (bicyclic) bond motifs is 1. The number of rotatable bonds is 9. The third-order valence-electron chi connectivity index (χ3n) is 6.96. The van der Waals surface area contributed by atoms with E-state index in [1.165, 1.54) is 28.2 Å². The lowest BCUT2D eigenvalue weighted by Crippen LogP contribution is -2.40. The standard InChI is InChI=1S/C29H28FN5O6S2/c1-19(28(36)31-23-9-10-25-26(16-23)41-18-40-25)42-29-33-32-27(35(29)17-20-5-7-22(30)8-6-20)21-3-2-4-24(15-21)43(37,38)34-11-13-39-14-12-34/h2-10,15-16,19H,11-14,17-18H2,1H3,(H,31,36). The maximum absolute atomic E-state index is 13.6. The lowest BCUT2D eigenvalue weighted by atomic mass is 10.2. The highest BCUT2D eigenvalue weighted by molar-refractivity contribution is 8.00. The Morgan fingerprint density at radius 3 is 2.58 bits per heavy atom. The van der Waals surface area contributed by atoms with Crippen LogP contribution in [-0.4, -0.2) is 71.7 Å². The molecule has 1 amide bonds. The van der Waals surface area contributed by atoms with Gasteiger partial charge in [-0.3, -0.25) is 9.36 Å². The number of anilines is 1. The number of sulfonamides is 1. The Kier molecular flexibility index (Phi) is 8.34. The predicted octanol–water partition coefficient (Wildman–Crippen LogP) is 4.00. The van der Waals surface area contributed by atoms with Gasteiger partial charge in [0.25, 0.3) is 0 Å². The van der Waals surface area contributed by atoms with Gasteiger partial charge < -0.3 is 19.5 Å². The molecule has 224 valence electrons. The molecule has 6 rings (SSSR count).